The fourth-order valence-electron chi connectivity index (χ4n) is 2.37. The molecule has 21 heavy (non-hydrogen) atoms. The number of halogens is 1. The van der Waals surface area contributed by atoms with Gasteiger partial charge in [-0.15, -0.1) is 0 Å². The van der Waals surface area contributed by atoms with Gasteiger partial charge in [0.25, 0.3) is 0 Å². The van der Waals surface area contributed by atoms with Crippen LogP contribution in [0.4, 0.5) is 4.39 Å². The number of nitrogens with one attached hydrogen (secondary N) is 1. The maximum atomic E-state index is 14.2. The highest BCUT2D eigenvalue weighted by Crippen LogP contribution is 2.23. The number of hydrogen-bond acceptors (Lipinski definition) is 3. The van der Waals surface area contributed by atoms with Crippen molar-refractivity contribution >= 4 is 0 Å². The van der Waals surface area contributed by atoms with E-state index in [0.717, 1.165) is 18.6 Å². The summed E-state index contributed by atoms with van der Waals surface area (Å²) in [5, 5.41) is 0. The molecule has 3 nitrogen and oxygen atoms in total. The summed E-state index contributed by atoms with van der Waals surface area (Å²) in [5.74, 6) is 6.24. The minimum absolute atomic E-state index is 0.185. The van der Waals surface area contributed by atoms with Crippen molar-refractivity contribution in [1.29, 1.82) is 0 Å². The van der Waals surface area contributed by atoms with E-state index >= 15 is 0 Å². The van der Waals surface area contributed by atoms with Gasteiger partial charge in [0.15, 0.2) is 0 Å². The second kappa shape index (κ2) is 7.20. The monoisotopic (exact) mass is 288 g/mol. The van der Waals surface area contributed by atoms with Crippen molar-refractivity contribution in [3.05, 3.63) is 65.0 Å². The Bertz CT molecular complexity index is 584. The van der Waals surface area contributed by atoms with Crippen LogP contribution in [0.1, 0.15) is 29.2 Å². The second-order valence-corrected chi connectivity index (χ2v) is 5.08. The Hall–Kier alpha value is -1.91. The minimum Gasteiger partial charge on any atom is -0.497 e. The van der Waals surface area contributed by atoms with Crippen LogP contribution in [0.5, 0.6) is 5.75 Å². The third kappa shape index (κ3) is 3.80. The second-order valence-electron chi connectivity index (χ2n) is 5.08. The van der Waals surface area contributed by atoms with Gasteiger partial charge in [0.05, 0.1) is 7.11 Å². The summed E-state index contributed by atoms with van der Waals surface area (Å²) in [6.45, 7) is 1.76. The fraction of sp³-hybridized carbons (Fsp3) is 0.294. The molecule has 1 unspecified atom stereocenters. The summed E-state index contributed by atoms with van der Waals surface area (Å²) in [6, 6.07) is 13.1. The van der Waals surface area contributed by atoms with Crippen molar-refractivity contribution in [2.24, 2.45) is 5.84 Å². The number of methoxy groups -OCH3 is 1. The van der Waals surface area contributed by atoms with E-state index in [1.54, 1.807) is 26.2 Å². The third-order valence-corrected chi connectivity index (χ3v) is 3.68. The number of benzene rings is 2. The quantitative estimate of drug-likeness (QED) is 0.633. The Kier molecular flexibility index (Phi) is 5.31. The van der Waals surface area contributed by atoms with Crippen molar-refractivity contribution in [3.8, 4) is 5.75 Å². The first-order valence-corrected chi connectivity index (χ1v) is 6.99. The molecule has 0 aliphatic rings. The van der Waals surface area contributed by atoms with Crippen LogP contribution < -0.4 is 16.0 Å². The Labute approximate surface area is 124 Å². The predicted octanol–water partition coefficient (Wildman–Crippen LogP) is 3.28. The summed E-state index contributed by atoms with van der Waals surface area (Å²) in [6.07, 6.45) is 1.54. The number of aryl methyl sites for hydroxylation is 2. The highest BCUT2D eigenvalue weighted by atomic mass is 19.1. The molecule has 0 radical (unpaired) electrons. The summed E-state index contributed by atoms with van der Waals surface area (Å²) in [7, 11) is 1.64. The number of ether oxygens (including phenoxy) is 1. The number of nitrogens with two attached hydrogens (primary N) is 1. The lowest BCUT2D eigenvalue weighted by molar-refractivity contribution is 0.414. The standard InChI is InChI=1S/C17H21FN2O/c1-12-4-3-5-15(17(12)18)16(20-19)11-8-13-6-9-14(21-2)10-7-13/h3-7,9-10,16,20H,8,11,19H2,1-2H3. The molecule has 0 amide bonds. The zero-order valence-electron chi connectivity index (χ0n) is 12.4. The molecule has 3 N–H and O–H groups in total. The first-order valence-electron chi connectivity index (χ1n) is 6.99. The van der Waals surface area contributed by atoms with Gasteiger partial charge in [-0.1, -0.05) is 30.3 Å². The van der Waals surface area contributed by atoms with Crippen molar-refractivity contribution in [1.82, 2.24) is 5.43 Å². The smallest absolute Gasteiger partial charge is 0.130 e. The molecule has 2 rings (SSSR count). The lowest BCUT2D eigenvalue weighted by atomic mass is 9.97. The molecule has 0 aromatic heterocycles. The van der Waals surface area contributed by atoms with Crippen molar-refractivity contribution in [3.63, 3.8) is 0 Å². The van der Waals surface area contributed by atoms with Gasteiger partial charge in [-0.3, -0.25) is 11.3 Å². The highest BCUT2D eigenvalue weighted by molar-refractivity contribution is 5.29. The number of hydrazine groups is 1. The molecule has 0 aliphatic carbocycles. The zero-order valence-corrected chi connectivity index (χ0v) is 12.4. The maximum Gasteiger partial charge on any atom is 0.130 e. The van der Waals surface area contributed by atoms with Gasteiger partial charge in [0, 0.05) is 11.6 Å². The maximum absolute atomic E-state index is 14.2. The van der Waals surface area contributed by atoms with Gasteiger partial charge in [0.2, 0.25) is 0 Å². The van der Waals surface area contributed by atoms with Crippen LogP contribution in [0.15, 0.2) is 42.5 Å². The van der Waals surface area contributed by atoms with Crippen LogP contribution in [0.2, 0.25) is 0 Å². The normalized spacial score (nSPS) is 12.2. The van der Waals surface area contributed by atoms with Gasteiger partial charge in [0.1, 0.15) is 11.6 Å². The van der Waals surface area contributed by atoms with Crippen LogP contribution in [-0.4, -0.2) is 7.11 Å². The van der Waals surface area contributed by atoms with Crippen LogP contribution in [-0.2, 0) is 6.42 Å². The van der Waals surface area contributed by atoms with E-state index in [9.17, 15) is 4.39 Å². The number of hydrogen-bond donors (Lipinski definition) is 2. The molecule has 0 heterocycles. The summed E-state index contributed by atoms with van der Waals surface area (Å²) >= 11 is 0. The van der Waals surface area contributed by atoms with E-state index in [-0.39, 0.29) is 11.9 Å². The molecule has 112 valence electrons. The van der Waals surface area contributed by atoms with E-state index in [4.69, 9.17) is 10.6 Å². The van der Waals surface area contributed by atoms with Crippen molar-refractivity contribution in [2.75, 3.05) is 7.11 Å². The zero-order chi connectivity index (χ0) is 15.2. The van der Waals surface area contributed by atoms with E-state index in [1.807, 2.05) is 30.3 Å². The Balaban J connectivity index is 2.06. The summed E-state index contributed by atoms with van der Waals surface area (Å²) < 4.78 is 19.3. The van der Waals surface area contributed by atoms with Crippen LogP contribution >= 0.6 is 0 Å². The first-order chi connectivity index (χ1) is 10.2. The molecular weight excluding hydrogens is 267 g/mol. The van der Waals surface area contributed by atoms with Gasteiger partial charge in [-0.25, -0.2) is 4.39 Å². The molecule has 4 heteroatoms. The minimum atomic E-state index is -0.202. The molecule has 0 saturated carbocycles. The lowest BCUT2D eigenvalue weighted by Gasteiger charge is -2.18. The average Bonchev–Trinajstić information content (AvgIpc) is 2.52. The molecule has 2 aromatic carbocycles. The SMILES string of the molecule is COc1ccc(CCC(NN)c2cccc(C)c2F)cc1. The van der Waals surface area contributed by atoms with Crippen LogP contribution in [0.25, 0.3) is 0 Å². The molecule has 0 fully saturated rings. The summed E-state index contributed by atoms with van der Waals surface area (Å²) in [4.78, 5) is 0. The molecule has 0 saturated heterocycles. The van der Waals surface area contributed by atoms with E-state index in [1.165, 1.54) is 5.56 Å². The highest BCUT2D eigenvalue weighted by Gasteiger charge is 2.15. The average molecular weight is 288 g/mol. The van der Waals surface area contributed by atoms with Crippen molar-refractivity contribution in [2.45, 2.75) is 25.8 Å². The molecule has 0 bridgehead atoms. The summed E-state index contributed by atoms with van der Waals surface area (Å²) in [5.41, 5.74) is 5.14. The largest absolute Gasteiger partial charge is 0.497 e. The van der Waals surface area contributed by atoms with E-state index in [2.05, 4.69) is 5.43 Å². The Morgan fingerprint density at radius 2 is 1.90 bits per heavy atom. The number of rotatable bonds is 6. The van der Waals surface area contributed by atoms with Gasteiger partial charge in [-0.2, -0.15) is 0 Å². The Morgan fingerprint density at radius 1 is 1.19 bits per heavy atom. The van der Waals surface area contributed by atoms with E-state index < -0.39 is 0 Å². The molecular formula is C17H21FN2O. The Morgan fingerprint density at radius 3 is 2.52 bits per heavy atom. The lowest BCUT2D eigenvalue weighted by Crippen LogP contribution is -2.29. The van der Waals surface area contributed by atoms with Gasteiger partial charge in [-0.05, 0) is 43.0 Å². The molecule has 0 spiro atoms. The van der Waals surface area contributed by atoms with Gasteiger partial charge < -0.3 is 4.74 Å². The molecule has 0 aliphatic heterocycles. The van der Waals surface area contributed by atoms with Crippen LogP contribution in [0, 0.1) is 12.7 Å². The van der Waals surface area contributed by atoms with Crippen LogP contribution in [0.3, 0.4) is 0 Å². The predicted molar refractivity (Wildman–Crippen MR) is 82.5 cm³/mol. The molecule has 1 atom stereocenters. The van der Waals surface area contributed by atoms with E-state index in [0.29, 0.717) is 11.1 Å². The fourth-order valence-corrected chi connectivity index (χ4v) is 2.37. The third-order valence-electron chi connectivity index (χ3n) is 3.68. The topological polar surface area (TPSA) is 47.3 Å². The molecule has 2 aromatic rings. The van der Waals surface area contributed by atoms with Crippen molar-refractivity contribution < 1.29 is 9.13 Å². The van der Waals surface area contributed by atoms with Gasteiger partial charge >= 0.3 is 0 Å². The first kappa shape index (κ1) is 15.5.